The average molecular weight is 344 g/mol. The molecule has 0 amide bonds. The van der Waals surface area contributed by atoms with Gasteiger partial charge in [-0.05, 0) is 42.6 Å². The van der Waals surface area contributed by atoms with Gasteiger partial charge in [-0.15, -0.1) is 6.58 Å². The third-order valence-corrected chi connectivity index (χ3v) is 3.39. The second kappa shape index (κ2) is 8.92. The maximum atomic E-state index is 11.9. The minimum absolute atomic E-state index is 0.155. The molecule has 1 N–H and O–H groups in total. The fraction of sp³-hybridized carbons (Fsp3) is 0.571. The molecule has 5 nitrogen and oxygen atoms in total. The van der Waals surface area contributed by atoms with Crippen LogP contribution in [0.15, 0.2) is 28.1 Å². The van der Waals surface area contributed by atoms with Crippen molar-refractivity contribution in [2.75, 3.05) is 18.5 Å². The molecule has 0 aliphatic rings. The Kier molecular flexibility index (Phi) is 7.54. The van der Waals surface area contributed by atoms with E-state index in [4.69, 9.17) is 4.74 Å². The second-order valence-electron chi connectivity index (χ2n) is 4.70. The lowest BCUT2D eigenvalue weighted by Crippen LogP contribution is -2.24. The predicted octanol–water partition coefficient (Wildman–Crippen LogP) is 2.81. The fourth-order valence-electron chi connectivity index (χ4n) is 1.61. The summed E-state index contributed by atoms with van der Waals surface area (Å²) in [5.41, 5.74) is 0.568. The third-order valence-electron chi connectivity index (χ3n) is 2.62. The highest BCUT2D eigenvalue weighted by molar-refractivity contribution is 9.10. The van der Waals surface area contributed by atoms with E-state index >= 15 is 0 Å². The SMILES string of the molecule is C=CCn1ncc(NCCCCOC(C)C)c(Br)c1=O. The van der Waals surface area contributed by atoms with Gasteiger partial charge in [-0.1, -0.05) is 6.08 Å². The lowest BCUT2D eigenvalue weighted by atomic mass is 10.3. The zero-order chi connectivity index (χ0) is 15.0. The molecule has 0 saturated heterocycles. The van der Waals surface area contributed by atoms with Crippen LogP contribution < -0.4 is 10.9 Å². The molecule has 0 bridgehead atoms. The van der Waals surface area contributed by atoms with E-state index in [1.165, 1.54) is 4.68 Å². The largest absolute Gasteiger partial charge is 0.383 e. The van der Waals surface area contributed by atoms with Crippen molar-refractivity contribution in [1.29, 1.82) is 0 Å². The number of allylic oxidation sites excluding steroid dienone is 1. The van der Waals surface area contributed by atoms with Crippen molar-refractivity contribution in [1.82, 2.24) is 9.78 Å². The molecule has 1 aromatic heterocycles. The van der Waals surface area contributed by atoms with E-state index in [1.807, 2.05) is 13.8 Å². The van der Waals surface area contributed by atoms with E-state index in [0.717, 1.165) is 31.7 Å². The highest BCUT2D eigenvalue weighted by atomic mass is 79.9. The third kappa shape index (κ3) is 5.46. The van der Waals surface area contributed by atoms with Gasteiger partial charge in [-0.25, -0.2) is 4.68 Å². The van der Waals surface area contributed by atoms with Gasteiger partial charge in [0.2, 0.25) is 0 Å². The van der Waals surface area contributed by atoms with Crippen molar-refractivity contribution >= 4 is 21.6 Å². The van der Waals surface area contributed by atoms with Crippen LogP contribution in [-0.2, 0) is 11.3 Å². The summed E-state index contributed by atoms with van der Waals surface area (Å²) in [6.45, 7) is 9.61. The topological polar surface area (TPSA) is 56.1 Å². The molecule has 0 saturated carbocycles. The van der Waals surface area contributed by atoms with Gasteiger partial charge in [0.15, 0.2) is 0 Å². The van der Waals surface area contributed by atoms with Crippen LogP contribution in [0, 0.1) is 0 Å². The number of anilines is 1. The number of ether oxygens (including phenoxy) is 1. The van der Waals surface area contributed by atoms with Crippen molar-refractivity contribution in [3.05, 3.63) is 33.7 Å². The first kappa shape index (κ1) is 16.9. The number of unbranched alkanes of at least 4 members (excludes halogenated alkanes) is 1. The molecule has 0 fully saturated rings. The highest BCUT2D eigenvalue weighted by Gasteiger charge is 2.07. The smallest absolute Gasteiger partial charge is 0.283 e. The normalized spacial score (nSPS) is 10.8. The van der Waals surface area contributed by atoms with Crippen molar-refractivity contribution in [2.45, 2.75) is 39.3 Å². The Morgan fingerprint density at radius 1 is 1.55 bits per heavy atom. The summed E-state index contributed by atoms with van der Waals surface area (Å²) < 4.78 is 7.33. The maximum absolute atomic E-state index is 11.9. The molecule has 0 aliphatic carbocycles. The first-order valence-corrected chi connectivity index (χ1v) is 7.57. The first-order valence-electron chi connectivity index (χ1n) is 6.78. The van der Waals surface area contributed by atoms with Crippen molar-refractivity contribution < 1.29 is 4.74 Å². The Labute approximate surface area is 128 Å². The Bertz CT molecular complexity index is 486. The Balaban J connectivity index is 2.43. The minimum Gasteiger partial charge on any atom is -0.383 e. The summed E-state index contributed by atoms with van der Waals surface area (Å²) in [5.74, 6) is 0. The zero-order valence-corrected chi connectivity index (χ0v) is 13.6. The van der Waals surface area contributed by atoms with Crippen LogP contribution in [0.2, 0.25) is 0 Å². The van der Waals surface area contributed by atoms with Crippen LogP contribution in [0.25, 0.3) is 0 Å². The van der Waals surface area contributed by atoms with Crippen LogP contribution >= 0.6 is 15.9 Å². The molecular weight excluding hydrogens is 322 g/mol. The van der Waals surface area contributed by atoms with Crippen molar-refractivity contribution in [3.8, 4) is 0 Å². The fourth-order valence-corrected chi connectivity index (χ4v) is 2.06. The van der Waals surface area contributed by atoms with Crippen LogP contribution in [0.5, 0.6) is 0 Å². The van der Waals surface area contributed by atoms with Gasteiger partial charge < -0.3 is 10.1 Å². The molecule has 0 unspecified atom stereocenters. The lowest BCUT2D eigenvalue weighted by molar-refractivity contribution is 0.0765. The molecule has 1 aromatic rings. The van der Waals surface area contributed by atoms with E-state index in [0.29, 0.717) is 11.0 Å². The molecule has 0 atom stereocenters. The van der Waals surface area contributed by atoms with Gasteiger partial charge in [0.1, 0.15) is 4.47 Å². The Morgan fingerprint density at radius 3 is 2.95 bits per heavy atom. The molecule has 1 heterocycles. The summed E-state index contributed by atoms with van der Waals surface area (Å²) in [7, 11) is 0. The van der Waals surface area contributed by atoms with E-state index in [-0.39, 0.29) is 11.7 Å². The van der Waals surface area contributed by atoms with E-state index in [1.54, 1.807) is 12.3 Å². The Hall–Kier alpha value is -1.14. The summed E-state index contributed by atoms with van der Waals surface area (Å²) in [4.78, 5) is 11.9. The minimum atomic E-state index is -0.155. The van der Waals surface area contributed by atoms with Crippen LogP contribution in [0.3, 0.4) is 0 Å². The van der Waals surface area contributed by atoms with E-state index in [2.05, 4.69) is 32.9 Å². The standard InChI is InChI=1S/C14H22BrN3O2/c1-4-8-18-14(19)13(15)12(10-17-18)16-7-5-6-9-20-11(2)3/h4,10-11,16H,1,5-9H2,2-3H3. The van der Waals surface area contributed by atoms with Crippen LogP contribution in [0.1, 0.15) is 26.7 Å². The molecule has 20 heavy (non-hydrogen) atoms. The summed E-state index contributed by atoms with van der Waals surface area (Å²) in [5, 5.41) is 7.29. The van der Waals surface area contributed by atoms with Gasteiger partial charge in [0, 0.05) is 13.2 Å². The van der Waals surface area contributed by atoms with Crippen molar-refractivity contribution in [3.63, 3.8) is 0 Å². The lowest BCUT2D eigenvalue weighted by Gasteiger charge is -2.10. The van der Waals surface area contributed by atoms with Gasteiger partial charge in [0.25, 0.3) is 5.56 Å². The highest BCUT2D eigenvalue weighted by Crippen LogP contribution is 2.16. The number of aromatic nitrogens is 2. The number of nitrogens with zero attached hydrogens (tertiary/aromatic N) is 2. The van der Waals surface area contributed by atoms with Crippen LogP contribution in [-0.4, -0.2) is 29.0 Å². The van der Waals surface area contributed by atoms with Gasteiger partial charge in [-0.2, -0.15) is 5.10 Å². The van der Waals surface area contributed by atoms with Gasteiger partial charge in [0.05, 0.1) is 24.5 Å². The summed E-state index contributed by atoms with van der Waals surface area (Å²) >= 11 is 3.31. The van der Waals surface area contributed by atoms with E-state index in [9.17, 15) is 4.79 Å². The molecule has 0 aromatic carbocycles. The van der Waals surface area contributed by atoms with Gasteiger partial charge >= 0.3 is 0 Å². The zero-order valence-electron chi connectivity index (χ0n) is 12.1. The molecule has 1 rings (SSSR count). The van der Waals surface area contributed by atoms with Crippen LogP contribution in [0.4, 0.5) is 5.69 Å². The number of hydrogen-bond donors (Lipinski definition) is 1. The number of rotatable bonds is 9. The quantitative estimate of drug-likeness (QED) is 0.553. The average Bonchev–Trinajstić information content (AvgIpc) is 2.41. The second-order valence-corrected chi connectivity index (χ2v) is 5.49. The van der Waals surface area contributed by atoms with E-state index < -0.39 is 0 Å². The number of halogens is 1. The summed E-state index contributed by atoms with van der Waals surface area (Å²) in [6, 6.07) is 0. The monoisotopic (exact) mass is 343 g/mol. The molecule has 112 valence electrons. The van der Waals surface area contributed by atoms with Crippen molar-refractivity contribution in [2.24, 2.45) is 0 Å². The number of hydrogen-bond acceptors (Lipinski definition) is 4. The predicted molar refractivity (Wildman–Crippen MR) is 85.2 cm³/mol. The number of nitrogens with one attached hydrogen (secondary N) is 1. The molecule has 0 radical (unpaired) electrons. The maximum Gasteiger partial charge on any atom is 0.283 e. The molecule has 6 heteroatoms. The van der Waals surface area contributed by atoms with Gasteiger partial charge in [-0.3, -0.25) is 4.79 Å². The first-order chi connectivity index (χ1) is 9.56. The molecule has 0 spiro atoms. The molecule has 0 aliphatic heterocycles. The molecular formula is C14H22BrN3O2. The Morgan fingerprint density at radius 2 is 2.30 bits per heavy atom. The summed E-state index contributed by atoms with van der Waals surface area (Å²) in [6.07, 6.45) is 5.54.